The minimum atomic E-state index is -1.01. The zero-order chi connectivity index (χ0) is 15.1. The number of nitrogens with one attached hydrogen (secondary N) is 2. The highest BCUT2D eigenvalue weighted by Crippen LogP contribution is 2.22. The molecule has 0 bridgehead atoms. The molecule has 0 atom stereocenters. The van der Waals surface area contributed by atoms with E-state index in [1.165, 1.54) is 6.92 Å². The Labute approximate surface area is 117 Å². The number of amides is 2. The normalized spacial score (nSPS) is 9.90. The molecule has 0 aliphatic rings. The highest BCUT2D eigenvalue weighted by molar-refractivity contribution is 5.95. The van der Waals surface area contributed by atoms with E-state index in [9.17, 15) is 14.4 Å². The molecular formula is C14H18N2O4. The van der Waals surface area contributed by atoms with Crippen molar-refractivity contribution in [3.05, 3.63) is 23.8 Å². The van der Waals surface area contributed by atoms with E-state index in [4.69, 9.17) is 5.11 Å². The predicted molar refractivity (Wildman–Crippen MR) is 75.6 cm³/mol. The number of aliphatic carboxylic acids is 1. The summed E-state index contributed by atoms with van der Waals surface area (Å²) in [4.78, 5) is 33.1. The minimum Gasteiger partial charge on any atom is -0.481 e. The van der Waals surface area contributed by atoms with Gasteiger partial charge in [0.15, 0.2) is 0 Å². The van der Waals surface area contributed by atoms with E-state index in [1.54, 1.807) is 12.1 Å². The van der Waals surface area contributed by atoms with Crippen molar-refractivity contribution in [2.75, 3.05) is 10.6 Å². The smallest absolute Gasteiger partial charge is 0.303 e. The van der Waals surface area contributed by atoms with Crippen molar-refractivity contribution in [3.63, 3.8) is 0 Å². The van der Waals surface area contributed by atoms with E-state index in [0.717, 1.165) is 12.0 Å². The molecule has 0 spiro atoms. The van der Waals surface area contributed by atoms with Crippen LogP contribution in [-0.4, -0.2) is 22.9 Å². The second kappa shape index (κ2) is 7.28. The standard InChI is InChI=1S/C14H18N2O4/c1-3-10-4-5-11(15-9(2)17)8-12(10)16-13(18)6-7-14(19)20/h4-5,8H,3,6-7H2,1-2H3,(H,15,17)(H,16,18)(H,19,20). The fourth-order valence-corrected chi connectivity index (χ4v) is 1.72. The molecule has 0 aliphatic carbocycles. The maximum absolute atomic E-state index is 11.7. The molecule has 6 nitrogen and oxygen atoms in total. The van der Waals surface area contributed by atoms with Gasteiger partial charge in [-0.3, -0.25) is 14.4 Å². The topological polar surface area (TPSA) is 95.5 Å². The maximum Gasteiger partial charge on any atom is 0.303 e. The number of hydrogen-bond donors (Lipinski definition) is 3. The summed E-state index contributed by atoms with van der Waals surface area (Å²) < 4.78 is 0. The second-order valence-corrected chi connectivity index (χ2v) is 4.35. The number of carbonyl (C=O) groups is 3. The Bertz CT molecular complexity index is 526. The first kappa shape index (κ1) is 15.7. The number of carbonyl (C=O) groups excluding carboxylic acids is 2. The monoisotopic (exact) mass is 278 g/mol. The van der Waals surface area contributed by atoms with Crippen LogP contribution in [0.15, 0.2) is 18.2 Å². The molecule has 0 saturated carbocycles. The summed E-state index contributed by atoms with van der Waals surface area (Å²) >= 11 is 0. The number of anilines is 2. The van der Waals surface area contributed by atoms with E-state index in [2.05, 4.69) is 10.6 Å². The summed E-state index contributed by atoms with van der Waals surface area (Å²) in [5.41, 5.74) is 2.10. The number of carboxylic acid groups (broad SMARTS) is 1. The van der Waals surface area contributed by atoms with Gasteiger partial charge >= 0.3 is 5.97 Å². The molecule has 0 heterocycles. The summed E-state index contributed by atoms with van der Waals surface area (Å²) in [5, 5.41) is 13.9. The van der Waals surface area contributed by atoms with Crippen LogP contribution in [0.25, 0.3) is 0 Å². The lowest BCUT2D eigenvalue weighted by atomic mass is 10.1. The molecule has 6 heteroatoms. The highest BCUT2D eigenvalue weighted by atomic mass is 16.4. The van der Waals surface area contributed by atoms with Gasteiger partial charge in [-0.15, -0.1) is 0 Å². The Morgan fingerprint density at radius 3 is 2.40 bits per heavy atom. The third kappa shape index (κ3) is 5.09. The first-order chi connectivity index (χ1) is 9.42. The lowest BCUT2D eigenvalue weighted by Gasteiger charge is -2.12. The molecule has 0 saturated heterocycles. The maximum atomic E-state index is 11.7. The summed E-state index contributed by atoms with van der Waals surface area (Å²) in [5.74, 6) is -1.57. The quantitative estimate of drug-likeness (QED) is 0.741. The molecule has 108 valence electrons. The zero-order valence-corrected chi connectivity index (χ0v) is 11.5. The largest absolute Gasteiger partial charge is 0.481 e. The lowest BCUT2D eigenvalue weighted by Crippen LogP contribution is -2.15. The molecule has 0 unspecified atom stereocenters. The van der Waals surface area contributed by atoms with E-state index >= 15 is 0 Å². The van der Waals surface area contributed by atoms with Crippen molar-refractivity contribution in [1.29, 1.82) is 0 Å². The predicted octanol–water partition coefficient (Wildman–Crippen LogP) is 2.01. The van der Waals surface area contributed by atoms with Gasteiger partial charge < -0.3 is 15.7 Å². The van der Waals surface area contributed by atoms with Crippen molar-refractivity contribution >= 4 is 29.2 Å². The second-order valence-electron chi connectivity index (χ2n) is 4.35. The Morgan fingerprint density at radius 1 is 1.15 bits per heavy atom. The Morgan fingerprint density at radius 2 is 1.85 bits per heavy atom. The number of aryl methyl sites for hydroxylation is 1. The third-order valence-electron chi connectivity index (χ3n) is 2.65. The molecule has 1 aromatic carbocycles. The molecule has 0 aromatic heterocycles. The minimum absolute atomic E-state index is 0.0805. The molecule has 0 aliphatic heterocycles. The number of carboxylic acids is 1. The molecule has 0 fully saturated rings. The number of rotatable bonds is 6. The van der Waals surface area contributed by atoms with Crippen molar-refractivity contribution in [3.8, 4) is 0 Å². The van der Waals surface area contributed by atoms with Crippen LogP contribution >= 0.6 is 0 Å². The Balaban J connectivity index is 2.82. The molecule has 0 radical (unpaired) electrons. The molecule has 20 heavy (non-hydrogen) atoms. The molecular weight excluding hydrogens is 260 g/mol. The van der Waals surface area contributed by atoms with Crippen LogP contribution in [0.1, 0.15) is 32.3 Å². The van der Waals surface area contributed by atoms with Gasteiger partial charge in [-0.1, -0.05) is 13.0 Å². The lowest BCUT2D eigenvalue weighted by molar-refractivity contribution is -0.138. The van der Waals surface area contributed by atoms with E-state index in [-0.39, 0.29) is 24.7 Å². The average Bonchev–Trinajstić information content (AvgIpc) is 2.36. The van der Waals surface area contributed by atoms with Crippen LogP contribution in [0, 0.1) is 0 Å². The van der Waals surface area contributed by atoms with Crippen molar-refractivity contribution in [1.82, 2.24) is 0 Å². The van der Waals surface area contributed by atoms with Gasteiger partial charge in [-0.2, -0.15) is 0 Å². The van der Waals surface area contributed by atoms with Gasteiger partial charge in [0.2, 0.25) is 11.8 Å². The third-order valence-corrected chi connectivity index (χ3v) is 2.65. The first-order valence-corrected chi connectivity index (χ1v) is 6.34. The number of hydrogen-bond acceptors (Lipinski definition) is 3. The van der Waals surface area contributed by atoms with Crippen LogP contribution < -0.4 is 10.6 Å². The van der Waals surface area contributed by atoms with Gasteiger partial charge in [0.1, 0.15) is 0 Å². The van der Waals surface area contributed by atoms with E-state index in [1.807, 2.05) is 13.0 Å². The molecule has 3 N–H and O–H groups in total. The van der Waals surface area contributed by atoms with Gasteiger partial charge in [0, 0.05) is 24.7 Å². The van der Waals surface area contributed by atoms with Gasteiger partial charge in [0.05, 0.1) is 6.42 Å². The van der Waals surface area contributed by atoms with Crippen LogP contribution in [-0.2, 0) is 20.8 Å². The molecule has 2 amide bonds. The zero-order valence-electron chi connectivity index (χ0n) is 11.5. The van der Waals surface area contributed by atoms with E-state index < -0.39 is 5.97 Å². The Hall–Kier alpha value is -2.37. The number of benzene rings is 1. The summed E-state index contributed by atoms with van der Waals surface area (Å²) in [6.07, 6.45) is 0.427. The van der Waals surface area contributed by atoms with Crippen molar-refractivity contribution in [2.24, 2.45) is 0 Å². The van der Waals surface area contributed by atoms with Crippen molar-refractivity contribution in [2.45, 2.75) is 33.1 Å². The molecule has 1 aromatic rings. The van der Waals surface area contributed by atoms with Crippen molar-refractivity contribution < 1.29 is 19.5 Å². The summed E-state index contributed by atoms with van der Waals surface area (Å²) in [6, 6.07) is 5.24. The summed E-state index contributed by atoms with van der Waals surface area (Å²) in [7, 11) is 0. The van der Waals surface area contributed by atoms with Crippen LogP contribution in [0.2, 0.25) is 0 Å². The van der Waals surface area contributed by atoms with Crippen LogP contribution in [0.3, 0.4) is 0 Å². The van der Waals surface area contributed by atoms with Crippen LogP contribution in [0.4, 0.5) is 11.4 Å². The average molecular weight is 278 g/mol. The first-order valence-electron chi connectivity index (χ1n) is 6.34. The summed E-state index contributed by atoms with van der Waals surface area (Å²) in [6.45, 7) is 3.35. The van der Waals surface area contributed by atoms with Gasteiger partial charge in [-0.25, -0.2) is 0 Å². The highest BCUT2D eigenvalue weighted by Gasteiger charge is 2.09. The fourth-order valence-electron chi connectivity index (χ4n) is 1.72. The van der Waals surface area contributed by atoms with Gasteiger partial charge in [0.25, 0.3) is 0 Å². The van der Waals surface area contributed by atoms with E-state index in [0.29, 0.717) is 11.4 Å². The molecule has 1 rings (SSSR count). The van der Waals surface area contributed by atoms with Crippen LogP contribution in [0.5, 0.6) is 0 Å². The van der Waals surface area contributed by atoms with Gasteiger partial charge in [-0.05, 0) is 24.1 Å². The fraction of sp³-hybridized carbons (Fsp3) is 0.357. The Kier molecular flexibility index (Phi) is 5.71. The SMILES string of the molecule is CCc1ccc(NC(C)=O)cc1NC(=O)CCC(=O)O.